The second-order valence-corrected chi connectivity index (χ2v) is 9.68. The van der Waals surface area contributed by atoms with Crippen molar-refractivity contribution in [2.75, 3.05) is 40.5 Å². The Morgan fingerprint density at radius 2 is 1.89 bits per heavy atom. The quantitative estimate of drug-likeness (QED) is 0.261. The van der Waals surface area contributed by atoms with E-state index in [4.69, 9.17) is 25.8 Å². The van der Waals surface area contributed by atoms with E-state index in [0.29, 0.717) is 36.4 Å². The molecule has 1 saturated heterocycles. The van der Waals surface area contributed by atoms with Crippen molar-refractivity contribution in [2.45, 2.75) is 44.2 Å². The number of methoxy groups -OCH3 is 1. The number of halogens is 1. The minimum absolute atomic E-state index is 0.237. The fourth-order valence-electron chi connectivity index (χ4n) is 4.50. The lowest BCUT2D eigenvalue weighted by Crippen LogP contribution is -2.38. The number of rotatable bonds is 14. The van der Waals surface area contributed by atoms with Crippen molar-refractivity contribution >= 4 is 23.3 Å². The molecule has 2 N–H and O–H groups in total. The van der Waals surface area contributed by atoms with Crippen LogP contribution in [-0.4, -0.2) is 52.5 Å². The maximum atomic E-state index is 11.5. The van der Waals surface area contributed by atoms with Gasteiger partial charge >= 0.3 is 5.97 Å². The molecule has 0 radical (unpaired) electrons. The van der Waals surface area contributed by atoms with Crippen LogP contribution in [0.2, 0.25) is 5.02 Å². The number of carbonyl (C=O) groups excluding carboxylic acids is 1. The van der Waals surface area contributed by atoms with Crippen molar-refractivity contribution < 1.29 is 19.0 Å². The highest BCUT2D eigenvalue weighted by atomic mass is 35.5. The molecule has 1 heterocycles. The smallest absolute Gasteiger partial charge is 0.305 e. The number of likely N-dealkylation sites (N-methyl/N-ethyl adjacent to an activating group) is 1. The van der Waals surface area contributed by atoms with E-state index < -0.39 is 0 Å². The van der Waals surface area contributed by atoms with Gasteiger partial charge in [0.25, 0.3) is 0 Å². The molecule has 0 amide bonds. The van der Waals surface area contributed by atoms with Gasteiger partial charge in [-0.05, 0) is 73.5 Å². The van der Waals surface area contributed by atoms with Crippen molar-refractivity contribution in [2.24, 2.45) is 5.92 Å². The van der Waals surface area contributed by atoms with Crippen LogP contribution in [0.15, 0.2) is 55.1 Å². The summed E-state index contributed by atoms with van der Waals surface area (Å²) in [4.78, 5) is 11.5. The van der Waals surface area contributed by atoms with Gasteiger partial charge in [0.1, 0.15) is 6.10 Å². The molecule has 1 aliphatic rings. The van der Waals surface area contributed by atoms with Gasteiger partial charge < -0.3 is 24.8 Å². The first-order chi connectivity index (χ1) is 17.5. The van der Waals surface area contributed by atoms with Crippen molar-refractivity contribution in [1.82, 2.24) is 10.6 Å². The Labute approximate surface area is 220 Å². The van der Waals surface area contributed by atoms with Gasteiger partial charge in [-0.3, -0.25) is 4.79 Å². The first kappa shape index (κ1) is 28.2. The Morgan fingerprint density at radius 1 is 1.17 bits per heavy atom. The number of ether oxygens (including phenoxy) is 3. The highest BCUT2D eigenvalue weighted by molar-refractivity contribution is 6.30. The van der Waals surface area contributed by atoms with Crippen molar-refractivity contribution in [3.8, 4) is 0 Å². The van der Waals surface area contributed by atoms with Crippen LogP contribution >= 0.6 is 11.6 Å². The third-order valence-corrected chi connectivity index (χ3v) is 6.89. The Kier molecular flexibility index (Phi) is 11.8. The van der Waals surface area contributed by atoms with Gasteiger partial charge in [0.2, 0.25) is 0 Å². The van der Waals surface area contributed by atoms with E-state index in [1.807, 2.05) is 43.4 Å². The van der Waals surface area contributed by atoms with Crippen LogP contribution in [0.25, 0.3) is 5.70 Å². The molecule has 0 aliphatic carbocycles. The largest absolute Gasteiger partial charge is 0.469 e. The van der Waals surface area contributed by atoms with Gasteiger partial charge in [0.15, 0.2) is 0 Å². The van der Waals surface area contributed by atoms with E-state index in [9.17, 15) is 4.79 Å². The van der Waals surface area contributed by atoms with Crippen LogP contribution in [0.5, 0.6) is 0 Å². The summed E-state index contributed by atoms with van der Waals surface area (Å²) < 4.78 is 16.5. The summed E-state index contributed by atoms with van der Waals surface area (Å²) in [5.74, 6) is 0.461. The minimum Gasteiger partial charge on any atom is -0.469 e. The third kappa shape index (κ3) is 8.93. The molecule has 1 aliphatic heterocycles. The zero-order chi connectivity index (χ0) is 25.8. The van der Waals surface area contributed by atoms with Crippen LogP contribution in [0.4, 0.5) is 0 Å². The predicted molar refractivity (Wildman–Crippen MR) is 145 cm³/mol. The highest BCUT2D eigenvalue weighted by Gasteiger charge is 2.19. The molecule has 0 saturated carbocycles. The Hall–Kier alpha value is -2.38. The molecular formula is C29H39ClN2O4. The number of hydrogen-bond donors (Lipinski definition) is 2. The van der Waals surface area contributed by atoms with Crippen LogP contribution in [-0.2, 0) is 19.0 Å². The molecule has 0 spiro atoms. The standard InChI is InChI=1S/C29H39ClN2O4/c1-21(32-20-27(31-2)17-22-12-15-35-16-13-22)23-7-4-8-24(18-23)29(25-9-5-10-26(30)19-25)36-14-6-11-28(33)34-3/h4-5,7-10,18-19,22,27,29,31-32H,1,6,11-17,20H2,2-3H3/t27?,29-/m0/s1. The molecule has 3 rings (SSSR count). The molecule has 7 heteroatoms. The average molecular weight is 515 g/mol. The topological polar surface area (TPSA) is 68.8 Å². The summed E-state index contributed by atoms with van der Waals surface area (Å²) in [7, 11) is 3.41. The van der Waals surface area contributed by atoms with Gasteiger partial charge in [0.05, 0.1) is 7.11 Å². The second-order valence-electron chi connectivity index (χ2n) is 9.25. The Morgan fingerprint density at radius 3 is 2.58 bits per heavy atom. The minimum atomic E-state index is -0.312. The molecule has 2 aromatic carbocycles. The molecule has 36 heavy (non-hydrogen) atoms. The summed E-state index contributed by atoms with van der Waals surface area (Å²) >= 11 is 6.28. The maximum absolute atomic E-state index is 11.5. The van der Waals surface area contributed by atoms with E-state index >= 15 is 0 Å². The van der Waals surface area contributed by atoms with Crippen molar-refractivity contribution in [1.29, 1.82) is 0 Å². The molecule has 6 nitrogen and oxygen atoms in total. The fraction of sp³-hybridized carbons (Fsp3) is 0.483. The summed E-state index contributed by atoms with van der Waals surface area (Å²) in [5, 5.41) is 7.62. The normalized spacial score (nSPS) is 15.8. The second kappa shape index (κ2) is 15.0. The number of benzene rings is 2. The summed E-state index contributed by atoms with van der Waals surface area (Å²) in [6.45, 7) is 7.26. The van der Waals surface area contributed by atoms with E-state index in [-0.39, 0.29) is 12.1 Å². The molecular weight excluding hydrogens is 476 g/mol. The predicted octanol–water partition coefficient (Wildman–Crippen LogP) is 5.36. The Bertz CT molecular complexity index is 977. The molecule has 0 aromatic heterocycles. The van der Waals surface area contributed by atoms with Crippen LogP contribution in [0, 0.1) is 5.92 Å². The fourth-order valence-corrected chi connectivity index (χ4v) is 4.70. The van der Waals surface area contributed by atoms with Gasteiger partial charge in [-0.2, -0.15) is 0 Å². The van der Waals surface area contributed by atoms with Gasteiger partial charge in [-0.1, -0.05) is 48.5 Å². The number of carbonyl (C=O) groups is 1. The molecule has 1 unspecified atom stereocenters. The third-order valence-electron chi connectivity index (χ3n) is 6.66. The lowest BCUT2D eigenvalue weighted by Gasteiger charge is -2.27. The van der Waals surface area contributed by atoms with Crippen molar-refractivity contribution in [3.63, 3.8) is 0 Å². The van der Waals surface area contributed by atoms with Gasteiger partial charge in [-0.25, -0.2) is 0 Å². The van der Waals surface area contributed by atoms with Crippen LogP contribution in [0.3, 0.4) is 0 Å². The van der Waals surface area contributed by atoms with E-state index in [1.165, 1.54) is 7.11 Å². The van der Waals surface area contributed by atoms with Crippen molar-refractivity contribution in [3.05, 3.63) is 76.8 Å². The lowest BCUT2D eigenvalue weighted by atomic mass is 9.92. The Balaban J connectivity index is 1.66. The van der Waals surface area contributed by atoms with E-state index in [2.05, 4.69) is 29.3 Å². The number of nitrogens with one attached hydrogen (secondary N) is 2. The lowest BCUT2D eigenvalue weighted by molar-refractivity contribution is -0.141. The maximum Gasteiger partial charge on any atom is 0.305 e. The highest BCUT2D eigenvalue weighted by Crippen LogP contribution is 2.30. The van der Waals surface area contributed by atoms with E-state index in [0.717, 1.165) is 61.4 Å². The molecule has 0 bridgehead atoms. The molecule has 196 valence electrons. The zero-order valence-corrected chi connectivity index (χ0v) is 22.2. The average Bonchev–Trinajstić information content (AvgIpc) is 2.91. The molecule has 2 atom stereocenters. The molecule has 2 aromatic rings. The monoisotopic (exact) mass is 514 g/mol. The van der Waals surface area contributed by atoms with Crippen LogP contribution < -0.4 is 10.6 Å². The van der Waals surface area contributed by atoms with Gasteiger partial charge in [-0.15, -0.1) is 0 Å². The van der Waals surface area contributed by atoms with E-state index in [1.54, 1.807) is 0 Å². The molecule has 1 fully saturated rings. The SMILES string of the molecule is C=C(NCC(CC1CCOCC1)NC)c1cccc([C@H](OCCCC(=O)OC)c2cccc(Cl)c2)c1. The summed E-state index contributed by atoms with van der Waals surface area (Å²) in [6, 6.07) is 16.3. The first-order valence-corrected chi connectivity index (χ1v) is 13.1. The number of hydrogen-bond acceptors (Lipinski definition) is 6. The van der Waals surface area contributed by atoms with Crippen LogP contribution in [0.1, 0.15) is 54.9 Å². The first-order valence-electron chi connectivity index (χ1n) is 12.7. The summed E-state index contributed by atoms with van der Waals surface area (Å²) in [5.41, 5.74) is 3.85. The zero-order valence-electron chi connectivity index (χ0n) is 21.4. The summed E-state index contributed by atoms with van der Waals surface area (Å²) in [6.07, 6.45) is 3.97. The van der Waals surface area contributed by atoms with Gasteiger partial charge in [0, 0.05) is 49.5 Å². The number of esters is 1.